The van der Waals surface area contributed by atoms with Gasteiger partial charge in [-0.25, -0.2) is 0 Å². The van der Waals surface area contributed by atoms with Gasteiger partial charge >= 0.3 is 0 Å². The number of aromatic nitrogens is 3. The average molecular weight is 391 g/mol. The number of rotatable bonds is 9. The number of hydrogen-bond donors (Lipinski definition) is 1. The van der Waals surface area contributed by atoms with Crippen molar-refractivity contribution in [2.24, 2.45) is 0 Å². The number of nitrogens with zero attached hydrogens (tertiary/aromatic N) is 3. The van der Waals surface area contributed by atoms with E-state index < -0.39 is 0 Å². The molecule has 1 N–H and O–H groups in total. The van der Waals surface area contributed by atoms with E-state index in [0.29, 0.717) is 41.6 Å². The first-order valence-electron chi connectivity index (χ1n) is 8.42. The molecule has 8 nitrogen and oxygen atoms in total. The SMILES string of the molecule is CCOc1ccc(OCCNC(=O)COn2nnc3ccc(Cl)cc32)cc1. The quantitative estimate of drug-likeness (QED) is 0.563. The van der Waals surface area contributed by atoms with Crippen molar-refractivity contribution in [3.8, 4) is 11.5 Å². The van der Waals surface area contributed by atoms with Crippen molar-refractivity contribution in [1.29, 1.82) is 0 Å². The van der Waals surface area contributed by atoms with Crippen LogP contribution >= 0.6 is 11.6 Å². The summed E-state index contributed by atoms with van der Waals surface area (Å²) in [6, 6.07) is 12.4. The zero-order chi connectivity index (χ0) is 19.1. The lowest BCUT2D eigenvalue weighted by Crippen LogP contribution is -2.34. The van der Waals surface area contributed by atoms with E-state index in [4.69, 9.17) is 25.9 Å². The van der Waals surface area contributed by atoms with Crippen LogP contribution in [0.2, 0.25) is 5.02 Å². The molecule has 27 heavy (non-hydrogen) atoms. The molecule has 1 amide bonds. The predicted molar refractivity (Wildman–Crippen MR) is 100 cm³/mol. The number of carbonyl (C=O) groups excluding carboxylic acids is 1. The van der Waals surface area contributed by atoms with Crippen LogP contribution in [0.15, 0.2) is 42.5 Å². The summed E-state index contributed by atoms with van der Waals surface area (Å²) in [4.78, 5) is 18.4. The summed E-state index contributed by atoms with van der Waals surface area (Å²) in [6.07, 6.45) is 0. The van der Waals surface area contributed by atoms with Crippen LogP contribution in [-0.4, -0.2) is 47.4 Å². The maximum absolute atomic E-state index is 11.9. The number of amides is 1. The van der Waals surface area contributed by atoms with E-state index in [2.05, 4.69) is 15.6 Å². The molecular formula is C18H19ClN4O4. The van der Waals surface area contributed by atoms with Gasteiger partial charge in [-0.3, -0.25) is 4.79 Å². The van der Waals surface area contributed by atoms with Gasteiger partial charge in [0.15, 0.2) is 6.61 Å². The average Bonchev–Trinajstić information content (AvgIpc) is 3.07. The summed E-state index contributed by atoms with van der Waals surface area (Å²) in [7, 11) is 0. The Kier molecular flexibility index (Phi) is 6.32. The molecule has 0 aliphatic carbocycles. The highest BCUT2D eigenvalue weighted by Crippen LogP contribution is 2.17. The first-order valence-corrected chi connectivity index (χ1v) is 8.80. The molecule has 0 aliphatic heterocycles. The molecule has 0 atom stereocenters. The zero-order valence-corrected chi connectivity index (χ0v) is 15.5. The Balaban J connectivity index is 1.38. The number of hydrogen-bond acceptors (Lipinski definition) is 6. The summed E-state index contributed by atoms with van der Waals surface area (Å²) in [5, 5.41) is 11.0. The molecule has 0 spiro atoms. The Morgan fingerprint density at radius 2 is 1.89 bits per heavy atom. The van der Waals surface area contributed by atoms with Crippen molar-refractivity contribution in [3.63, 3.8) is 0 Å². The molecule has 142 valence electrons. The van der Waals surface area contributed by atoms with E-state index in [1.54, 1.807) is 18.2 Å². The van der Waals surface area contributed by atoms with E-state index in [1.807, 2.05) is 31.2 Å². The number of carbonyl (C=O) groups is 1. The summed E-state index contributed by atoms with van der Waals surface area (Å²) in [5.41, 5.74) is 1.22. The molecule has 9 heteroatoms. The molecule has 0 unspecified atom stereocenters. The van der Waals surface area contributed by atoms with E-state index in [-0.39, 0.29) is 12.5 Å². The molecule has 0 saturated heterocycles. The van der Waals surface area contributed by atoms with Crippen LogP contribution < -0.4 is 19.6 Å². The third-order valence-electron chi connectivity index (χ3n) is 3.52. The predicted octanol–water partition coefficient (Wildman–Crippen LogP) is 2.11. The first kappa shape index (κ1) is 18.8. The zero-order valence-electron chi connectivity index (χ0n) is 14.7. The Morgan fingerprint density at radius 3 is 2.63 bits per heavy atom. The summed E-state index contributed by atoms with van der Waals surface area (Å²) >= 11 is 5.94. The summed E-state index contributed by atoms with van der Waals surface area (Å²) < 4.78 is 10.9. The summed E-state index contributed by atoms with van der Waals surface area (Å²) in [5.74, 6) is 1.20. The van der Waals surface area contributed by atoms with Crippen molar-refractivity contribution in [2.45, 2.75) is 6.92 Å². The van der Waals surface area contributed by atoms with Gasteiger partial charge in [-0.1, -0.05) is 16.4 Å². The van der Waals surface area contributed by atoms with E-state index in [0.717, 1.165) is 5.75 Å². The Labute approximate surface area is 160 Å². The van der Waals surface area contributed by atoms with Crippen LogP contribution in [0.3, 0.4) is 0 Å². The minimum atomic E-state index is -0.295. The van der Waals surface area contributed by atoms with E-state index in [9.17, 15) is 4.79 Å². The van der Waals surface area contributed by atoms with E-state index in [1.165, 1.54) is 4.85 Å². The van der Waals surface area contributed by atoms with Crippen molar-refractivity contribution >= 4 is 28.5 Å². The molecule has 0 radical (unpaired) electrons. The first-order chi connectivity index (χ1) is 13.2. The fraction of sp³-hybridized carbons (Fsp3) is 0.278. The number of nitrogens with one attached hydrogen (secondary N) is 1. The topological polar surface area (TPSA) is 87.5 Å². The fourth-order valence-electron chi connectivity index (χ4n) is 2.30. The molecule has 0 saturated carbocycles. The number of halogens is 1. The second kappa shape index (κ2) is 9.09. The molecule has 2 aromatic carbocycles. The van der Waals surface area contributed by atoms with Gasteiger partial charge in [0, 0.05) is 5.02 Å². The van der Waals surface area contributed by atoms with Crippen LogP contribution in [0, 0.1) is 0 Å². The molecule has 0 aliphatic rings. The normalized spacial score (nSPS) is 10.6. The summed E-state index contributed by atoms with van der Waals surface area (Å²) in [6.45, 7) is 3.03. The van der Waals surface area contributed by atoms with Crippen molar-refractivity contribution < 1.29 is 19.1 Å². The highest BCUT2D eigenvalue weighted by atomic mass is 35.5. The fourth-order valence-corrected chi connectivity index (χ4v) is 2.46. The Morgan fingerprint density at radius 1 is 1.15 bits per heavy atom. The van der Waals surface area contributed by atoms with Crippen LogP contribution in [0.5, 0.6) is 11.5 Å². The lowest BCUT2D eigenvalue weighted by molar-refractivity contribution is -0.126. The third kappa shape index (κ3) is 5.24. The van der Waals surface area contributed by atoms with Gasteiger partial charge < -0.3 is 19.6 Å². The highest BCUT2D eigenvalue weighted by Gasteiger charge is 2.08. The van der Waals surface area contributed by atoms with Crippen molar-refractivity contribution in [3.05, 3.63) is 47.5 Å². The van der Waals surface area contributed by atoms with Crippen LogP contribution in [-0.2, 0) is 4.79 Å². The van der Waals surface area contributed by atoms with Gasteiger partial charge in [-0.2, -0.15) is 0 Å². The highest BCUT2D eigenvalue weighted by molar-refractivity contribution is 6.31. The largest absolute Gasteiger partial charge is 0.494 e. The third-order valence-corrected chi connectivity index (χ3v) is 3.76. The maximum atomic E-state index is 11.9. The minimum absolute atomic E-state index is 0.200. The molecule has 0 fully saturated rings. The number of benzene rings is 2. The Hall–Kier alpha value is -3.00. The Bertz CT molecular complexity index is 898. The van der Waals surface area contributed by atoms with Crippen LogP contribution in [0.1, 0.15) is 6.92 Å². The molecule has 1 heterocycles. The second-order valence-corrected chi connectivity index (χ2v) is 5.91. The number of ether oxygens (including phenoxy) is 2. The lowest BCUT2D eigenvalue weighted by Gasteiger charge is -2.09. The van der Waals surface area contributed by atoms with Gasteiger partial charge in [-0.15, -0.1) is 5.10 Å². The molecule has 0 bridgehead atoms. The van der Waals surface area contributed by atoms with Gasteiger partial charge in [0.1, 0.15) is 29.1 Å². The number of fused-ring (bicyclic) bond motifs is 1. The minimum Gasteiger partial charge on any atom is -0.494 e. The molecule has 1 aromatic heterocycles. The van der Waals surface area contributed by atoms with E-state index >= 15 is 0 Å². The van der Waals surface area contributed by atoms with Crippen molar-refractivity contribution in [1.82, 2.24) is 20.5 Å². The lowest BCUT2D eigenvalue weighted by atomic mass is 10.3. The standard InChI is InChI=1S/C18H19ClN4O4/c1-2-25-14-4-6-15(7-5-14)26-10-9-20-18(24)12-27-23-17-11-13(19)3-8-16(17)21-22-23/h3-8,11H,2,9-10,12H2,1H3,(H,20,24). The van der Waals surface area contributed by atoms with Gasteiger partial charge in [0.25, 0.3) is 5.91 Å². The van der Waals surface area contributed by atoms with Gasteiger partial charge in [0.05, 0.1) is 13.2 Å². The molecule has 3 rings (SSSR count). The van der Waals surface area contributed by atoms with Gasteiger partial charge in [-0.05, 0) is 54.6 Å². The van der Waals surface area contributed by atoms with Crippen molar-refractivity contribution in [2.75, 3.05) is 26.4 Å². The molecule has 3 aromatic rings. The van der Waals surface area contributed by atoms with Gasteiger partial charge in [0.2, 0.25) is 0 Å². The maximum Gasteiger partial charge on any atom is 0.260 e. The molecular weight excluding hydrogens is 372 g/mol. The smallest absolute Gasteiger partial charge is 0.260 e. The second-order valence-electron chi connectivity index (χ2n) is 5.47. The van der Waals surface area contributed by atoms with Crippen LogP contribution in [0.25, 0.3) is 11.0 Å². The van der Waals surface area contributed by atoms with Crippen LogP contribution in [0.4, 0.5) is 0 Å². The monoisotopic (exact) mass is 390 g/mol.